The van der Waals surface area contributed by atoms with Gasteiger partial charge in [-0.15, -0.1) is 0 Å². The summed E-state index contributed by atoms with van der Waals surface area (Å²) in [5.41, 5.74) is 6.72. The van der Waals surface area contributed by atoms with E-state index < -0.39 is 5.97 Å². The van der Waals surface area contributed by atoms with Crippen molar-refractivity contribution in [2.45, 2.75) is 6.61 Å². The van der Waals surface area contributed by atoms with Crippen molar-refractivity contribution in [3.05, 3.63) is 54.1 Å². The summed E-state index contributed by atoms with van der Waals surface area (Å²) < 4.78 is 12.4. The third-order valence-electron chi connectivity index (χ3n) is 3.36. The van der Waals surface area contributed by atoms with Crippen LogP contribution in [-0.2, 0) is 6.61 Å². The Morgan fingerprint density at radius 3 is 2.57 bits per heavy atom. The van der Waals surface area contributed by atoms with Gasteiger partial charge in [-0.2, -0.15) is 0 Å². The molecule has 7 nitrogen and oxygen atoms in total. The zero-order valence-electron chi connectivity index (χ0n) is 12.4. The molecular weight excluding hydrogens is 298 g/mol. The first-order valence-corrected chi connectivity index (χ1v) is 6.85. The Hall–Kier alpha value is -3.22. The summed E-state index contributed by atoms with van der Waals surface area (Å²) in [4.78, 5) is 15.4. The molecule has 0 aliphatic carbocycles. The number of fused-ring (bicyclic) bond motifs is 1. The van der Waals surface area contributed by atoms with Crippen molar-refractivity contribution in [2.75, 3.05) is 12.8 Å². The maximum absolute atomic E-state index is 11.3. The van der Waals surface area contributed by atoms with E-state index in [9.17, 15) is 9.90 Å². The lowest BCUT2D eigenvalue weighted by atomic mass is 10.3. The maximum atomic E-state index is 11.3. The van der Waals surface area contributed by atoms with E-state index >= 15 is 0 Å². The Balaban J connectivity index is 1.89. The van der Waals surface area contributed by atoms with E-state index in [1.165, 1.54) is 0 Å². The molecule has 7 heteroatoms. The minimum atomic E-state index is -1.09. The highest BCUT2D eigenvalue weighted by Crippen LogP contribution is 2.20. The maximum Gasteiger partial charge on any atom is 0.356 e. The predicted molar refractivity (Wildman–Crippen MR) is 83.9 cm³/mol. The Kier molecular flexibility index (Phi) is 3.76. The minimum Gasteiger partial charge on any atom is -0.497 e. The van der Waals surface area contributed by atoms with Crippen LogP contribution in [0.15, 0.2) is 42.6 Å². The number of nitrogens with zero attached hydrogens (tertiary/aromatic N) is 2. The lowest BCUT2D eigenvalue weighted by molar-refractivity contribution is 0.0693. The Labute approximate surface area is 131 Å². The second-order valence-electron chi connectivity index (χ2n) is 4.86. The van der Waals surface area contributed by atoms with Crippen LogP contribution in [0.1, 0.15) is 16.3 Å². The molecule has 1 aromatic carbocycles. The van der Waals surface area contributed by atoms with Gasteiger partial charge in [-0.25, -0.2) is 9.78 Å². The summed E-state index contributed by atoms with van der Waals surface area (Å²) in [5, 5.41) is 9.25. The van der Waals surface area contributed by atoms with Crippen molar-refractivity contribution in [3.63, 3.8) is 0 Å². The Morgan fingerprint density at radius 1 is 1.22 bits per heavy atom. The van der Waals surface area contributed by atoms with Crippen LogP contribution in [0.4, 0.5) is 5.69 Å². The number of methoxy groups -OCH3 is 1. The molecule has 0 radical (unpaired) electrons. The van der Waals surface area contributed by atoms with Crippen LogP contribution < -0.4 is 15.2 Å². The quantitative estimate of drug-likeness (QED) is 0.749. The highest BCUT2D eigenvalue weighted by Gasteiger charge is 2.17. The lowest BCUT2D eigenvalue weighted by Crippen LogP contribution is -2.02. The molecule has 0 atom stereocenters. The van der Waals surface area contributed by atoms with Crippen molar-refractivity contribution < 1.29 is 19.4 Å². The van der Waals surface area contributed by atoms with Crippen molar-refractivity contribution >= 4 is 17.2 Å². The van der Waals surface area contributed by atoms with Gasteiger partial charge in [0.05, 0.1) is 12.6 Å². The topological polar surface area (TPSA) is 99.1 Å². The molecule has 0 spiro atoms. The third-order valence-corrected chi connectivity index (χ3v) is 3.36. The van der Waals surface area contributed by atoms with E-state index in [-0.39, 0.29) is 12.3 Å². The van der Waals surface area contributed by atoms with Gasteiger partial charge in [-0.1, -0.05) is 0 Å². The van der Waals surface area contributed by atoms with Gasteiger partial charge in [0.15, 0.2) is 11.5 Å². The van der Waals surface area contributed by atoms with Crippen LogP contribution in [0.5, 0.6) is 11.5 Å². The first-order chi connectivity index (χ1) is 11.1. The third kappa shape index (κ3) is 2.89. The van der Waals surface area contributed by atoms with Gasteiger partial charge in [-0.05, 0) is 36.4 Å². The highest BCUT2D eigenvalue weighted by atomic mass is 16.5. The Morgan fingerprint density at radius 2 is 1.91 bits per heavy atom. The molecule has 0 fully saturated rings. The van der Waals surface area contributed by atoms with Crippen LogP contribution in [0.2, 0.25) is 0 Å². The fraction of sp³-hybridized carbons (Fsp3) is 0.125. The average Bonchev–Trinajstić information content (AvgIpc) is 2.91. The number of rotatable bonds is 5. The normalized spacial score (nSPS) is 10.7. The molecule has 2 heterocycles. The molecule has 3 N–H and O–H groups in total. The predicted octanol–water partition coefficient (Wildman–Crippen LogP) is 2.20. The molecule has 118 valence electrons. The number of nitrogen functional groups attached to an aromatic ring is 1. The number of aromatic nitrogens is 2. The zero-order valence-corrected chi connectivity index (χ0v) is 12.4. The number of carbonyl (C=O) groups is 1. The number of nitrogens with two attached hydrogens (primary N) is 1. The zero-order chi connectivity index (χ0) is 16.4. The van der Waals surface area contributed by atoms with Gasteiger partial charge in [0.2, 0.25) is 0 Å². The highest BCUT2D eigenvalue weighted by molar-refractivity contribution is 5.93. The first-order valence-electron chi connectivity index (χ1n) is 6.85. The van der Waals surface area contributed by atoms with Crippen LogP contribution in [-0.4, -0.2) is 27.6 Å². The fourth-order valence-corrected chi connectivity index (χ4v) is 2.24. The van der Waals surface area contributed by atoms with Gasteiger partial charge in [0, 0.05) is 11.9 Å². The van der Waals surface area contributed by atoms with Crippen molar-refractivity contribution in [1.29, 1.82) is 0 Å². The van der Waals surface area contributed by atoms with E-state index in [2.05, 4.69) is 4.98 Å². The molecule has 2 aromatic heterocycles. The number of imidazole rings is 1. The number of aromatic carboxylic acids is 1. The van der Waals surface area contributed by atoms with Gasteiger partial charge in [0.25, 0.3) is 0 Å². The van der Waals surface area contributed by atoms with Gasteiger partial charge >= 0.3 is 5.97 Å². The van der Waals surface area contributed by atoms with Crippen molar-refractivity contribution in [1.82, 2.24) is 9.38 Å². The second-order valence-corrected chi connectivity index (χ2v) is 4.86. The van der Waals surface area contributed by atoms with Crippen molar-refractivity contribution in [2.24, 2.45) is 0 Å². The second kappa shape index (κ2) is 5.88. The number of benzene rings is 1. The summed E-state index contributed by atoms with van der Waals surface area (Å²) in [6, 6.07) is 10.3. The van der Waals surface area contributed by atoms with Gasteiger partial charge in [0.1, 0.15) is 18.1 Å². The molecule has 0 saturated carbocycles. The molecule has 0 aliphatic heterocycles. The number of carboxylic acids is 1. The summed E-state index contributed by atoms with van der Waals surface area (Å²) in [7, 11) is 1.59. The molecule has 0 saturated heterocycles. The van der Waals surface area contributed by atoms with E-state index in [1.54, 1.807) is 54.1 Å². The number of pyridine rings is 1. The van der Waals surface area contributed by atoms with Gasteiger partial charge in [-0.3, -0.25) is 4.40 Å². The number of carboxylic acid groups (broad SMARTS) is 1. The summed E-state index contributed by atoms with van der Waals surface area (Å²) in [6.07, 6.45) is 1.63. The molecule has 0 unspecified atom stereocenters. The first kappa shape index (κ1) is 14.7. The number of ether oxygens (including phenoxy) is 2. The van der Waals surface area contributed by atoms with E-state index in [0.717, 1.165) is 5.75 Å². The van der Waals surface area contributed by atoms with E-state index in [0.29, 0.717) is 22.8 Å². The summed E-state index contributed by atoms with van der Waals surface area (Å²) >= 11 is 0. The fourth-order valence-electron chi connectivity index (χ4n) is 2.24. The van der Waals surface area contributed by atoms with Gasteiger partial charge < -0.3 is 20.3 Å². The minimum absolute atomic E-state index is 0.0293. The molecular formula is C16H15N3O4. The van der Waals surface area contributed by atoms with Crippen molar-refractivity contribution in [3.8, 4) is 11.5 Å². The monoisotopic (exact) mass is 313 g/mol. The molecule has 3 aromatic rings. The molecule has 3 rings (SSSR count). The van der Waals surface area contributed by atoms with Crippen LogP contribution in [0.3, 0.4) is 0 Å². The average molecular weight is 313 g/mol. The van der Waals surface area contributed by atoms with E-state index in [4.69, 9.17) is 15.2 Å². The molecule has 23 heavy (non-hydrogen) atoms. The number of hydrogen-bond donors (Lipinski definition) is 2. The lowest BCUT2D eigenvalue weighted by Gasteiger charge is -2.07. The number of hydrogen-bond acceptors (Lipinski definition) is 5. The largest absolute Gasteiger partial charge is 0.497 e. The summed E-state index contributed by atoms with van der Waals surface area (Å²) in [5.74, 6) is 0.719. The number of anilines is 1. The molecule has 0 bridgehead atoms. The van der Waals surface area contributed by atoms with Crippen LogP contribution >= 0.6 is 0 Å². The van der Waals surface area contributed by atoms with Crippen LogP contribution in [0, 0.1) is 0 Å². The van der Waals surface area contributed by atoms with Crippen LogP contribution in [0.25, 0.3) is 5.52 Å². The SMILES string of the molecule is COc1ccc(OCc2nc(C(=O)O)c3ccc(N)cn23)cc1. The Bertz CT molecular complexity index is 856. The summed E-state index contributed by atoms with van der Waals surface area (Å²) in [6.45, 7) is 0.115. The van der Waals surface area contributed by atoms with E-state index in [1.807, 2.05) is 0 Å². The smallest absolute Gasteiger partial charge is 0.356 e. The molecule has 0 aliphatic rings. The molecule has 0 amide bonds. The standard InChI is InChI=1S/C16H15N3O4/c1-22-11-3-5-12(6-4-11)23-9-14-18-15(16(20)21)13-7-2-10(17)8-19(13)14/h2-8H,9,17H2,1H3,(H,20,21).